The Balaban J connectivity index is 0.000000216. The van der Waals surface area contributed by atoms with Gasteiger partial charge in [-0.25, -0.2) is 0 Å². The van der Waals surface area contributed by atoms with Crippen LogP contribution in [0.2, 0.25) is 0 Å². The Morgan fingerprint density at radius 2 is 0.944 bits per heavy atom. The Morgan fingerprint density at radius 1 is 0.562 bits per heavy atom. The number of hydrogen-bond acceptors (Lipinski definition) is 21. The maximum Gasteiger partial charge on any atom is 0.258 e. The van der Waals surface area contributed by atoms with Gasteiger partial charge in [-0.2, -0.15) is 0 Å². The molecule has 8 aliphatic rings. The Bertz CT molecular complexity index is 2890. The van der Waals surface area contributed by atoms with E-state index < -0.39 is 120 Å². The van der Waals surface area contributed by atoms with Gasteiger partial charge in [-0.1, -0.05) is 57.6 Å². The minimum absolute atomic E-state index is 0.0885. The first-order chi connectivity index (χ1) is 41.1. The van der Waals surface area contributed by atoms with Gasteiger partial charge >= 0.3 is 0 Å². The molecule has 0 aromatic rings. The lowest BCUT2D eigenvalue weighted by atomic mass is 10.1. The van der Waals surface area contributed by atoms with E-state index in [1.807, 2.05) is 0 Å². The lowest BCUT2D eigenvalue weighted by Crippen LogP contribution is -2.54. The number of carbonyl (C=O) groups excluding carboxylic acids is 3. The molecule has 8 aliphatic heterocycles. The minimum atomic E-state index is -1.25. The number of ether oxygens (including phenoxy) is 4. The first kappa shape index (κ1) is 76.1. The standard InChI is InChI=1S/C17H28N3O4P.C15H27N2O4P.C14H25N2O4P.C14H23N2O3PS/c1-11-19-16(23)12(6-5-8-18)10-20(11)17-15(22)14(21)13(24-17)7-9-25(2,3)4;1-9-8-17(10(2)16-14(9)20)15-13(19)12(18)11(21-15)6-7-22(3,4)5;1-9-15-11(17)5-7-16(9)14-13(19)12(18)10(20-14)6-8-21(2,3)4;1-9-15-11(21)5-7-16(9)14-13(18)12(17)10(19-14)6-8-20(2,3)4/h5-6,10,13-15,17,21-22H,1-2,7-9,18H2,3-4H3,(H,19,23);9,11-13,15,18-19H,2-3,6-8H2,1,4-5H3,(H,16,20);10,12-14,18-19H,1-2,5-8H2,3-4H3,(H,15,17);5,7,10,12-14,17-18H,1-2,6,8H2,3-4H3,(H,15,21)/b6-5+;;;/t13-,14-,15-,17-;9?,11-,12-,13-,15-;2*10-,12-,13-,14-/m1111/s1. The highest BCUT2D eigenvalue weighted by Gasteiger charge is 2.50. The van der Waals surface area contributed by atoms with Crippen molar-refractivity contribution in [3.05, 3.63) is 85.8 Å². The molecule has 0 aromatic heterocycles. The topological polar surface area (TPSA) is 337 Å². The van der Waals surface area contributed by atoms with E-state index in [2.05, 4.69) is 126 Å². The minimum Gasteiger partial charge on any atom is -0.388 e. The first-order valence-electron chi connectivity index (χ1n) is 29.7. The van der Waals surface area contributed by atoms with Crippen LogP contribution in [-0.4, -0.2) is 304 Å². The maximum absolute atomic E-state index is 12.0. The van der Waals surface area contributed by atoms with Gasteiger partial charge in [-0.15, -0.1) is 52.7 Å². The lowest BCUT2D eigenvalue weighted by Gasteiger charge is -2.39. The van der Waals surface area contributed by atoms with Gasteiger partial charge in [0.15, 0.2) is 24.9 Å². The molecule has 0 radical (unpaired) electrons. The van der Waals surface area contributed by atoms with Gasteiger partial charge in [0.25, 0.3) is 5.91 Å². The summed E-state index contributed by atoms with van der Waals surface area (Å²) in [5.41, 5.74) is 5.80. The van der Waals surface area contributed by atoms with Crippen molar-refractivity contribution in [2.75, 3.05) is 97.6 Å². The van der Waals surface area contributed by atoms with Gasteiger partial charge in [0.1, 0.15) is 77.1 Å². The third-order valence-corrected chi connectivity index (χ3v) is 22.0. The fourth-order valence-corrected chi connectivity index (χ4v) is 14.6. The number of aliphatic hydroxyl groups is 8. The third-order valence-electron chi connectivity index (χ3n) is 15.8. The van der Waals surface area contributed by atoms with Crippen molar-refractivity contribution in [1.82, 2.24) is 40.9 Å². The molecular formula is C60H103N9O15P4S. The highest BCUT2D eigenvalue weighted by Crippen LogP contribution is 2.42. The van der Waals surface area contributed by atoms with Gasteiger partial charge < -0.3 is 106 Å². The zero-order chi connectivity index (χ0) is 67.0. The molecule has 29 heteroatoms. The Hall–Kier alpha value is -3.64. The summed E-state index contributed by atoms with van der Waals surface area (Å²) in [6.45, 7) is 30.4. The van der Waals surface area contributed by atoms with Crippen molar-refractivity contribution in [3.8, 4) is 0 Å². The summed E-state index contributed by atoms with van der Waals surface area (Å²) in [5.74, 6) is 0.930. The van der Waals surface area contributed by atoms with Crippen LogP contribution in [0.25, 0.3) is 0 Å². The second kappa shape index (κ2) is 32.0. The van der Waals surface area contributed by atoms with Crippen LogP contribution in [0.1, 0.15) is 39.0 Å². The molecule has 8 heterocycles. The van der Waals surface area contributed by atoms with Crippen LogP contribution in [0, 0.1) is 5.92 Å². The summed E-state index contributed by atoms with van der Waals surface area (Å²) in [7, 11) is 0. The summed E-state index contributed by atoms with van der Waals surface area (Å²) in [6, 6.07) is 0. The molecule has 89 heavy (non-hydrogen) atoms. The molecule has 8 rings (SSSR count). The summed E-state index contributed by atoms with van der Waals surface area (Å²) in [6.07, 6.45) is 18.9. The van der Waals surface area contributed by atoms with E-state index >= 15 is 0 Å². The van der Waals surface area contributed by atoms with E-state index in [4.69, 9.17) is 36.9 Å². The Labute approximate surface area is 532 Å². The fourth-order valence-electron chi connectivity index (χ4n) is 10.6. The summed E-state index contributed by atoms with van der Waals surface area (Å²) in [4.78, 5) is 42.1. The van der Waals surface area contributed by atoms with Crippen LogP contribution in [0.4, 0.5) is 0 Å². The molecular weight excluding hydrogens is 1240 g/mol. The van der Waals surface area contributed by atoms with Gasteiger partial charge in [0.2, 0.25) is 11.8 Å². The molecule has 1 unspecified atom stereocenters. The van der Waals surface area contributed by atoms with Crippen LogP contribution in [0.15, 0.2) is 85.8 Å². The van der Waals surface area contributed by atoms with Crippen LogP contribution in [0.5, 0.6) is 0 Å². The summed E-state index contributed by atoms with van der Waals surface area (Å²) < 4.78 is 23.4. The van der Waals surface area contributed by atoms with E-state index in [1.54, 1.807) is 52.3 Å². The number of hydrogen-bond donors (Lipinski definition) is 13. The molecule has 0 aliphatic carbocycles. The molecule has 6 saturated heterocycles. The Kier molecular flexibility index (Phi) is 27.3. The normalized spacial score (nSPS) is 33.6. The number of thiocarbonyl (C=S) groups is 1. The predicted octanol–water partition coefficient (Wildman–Crippen LogP) is 0.481. The number of amides is 3. The molecule has 6 fully saturated rings. The average molecular weight is 1350 g/mol. The number of nitrogens with two attached hydrogens (primary N) is 1. The number of rotatable bonds is 18. The van der Waals surface area contributed by atoms with Crippen molar-refractivity contribution in [2.45, 2.75) is 137 Å². The average Bonchev–Trinajstić information content (AvgIpc) is 1.84. The molecule has 3 amide bonds. The van der Waals surface area contributed by atoms with Gasteiger partial charge in [0.05, 0.1) is 35.9 Å². The van der Waals surface area contributed by atoms with E-state index in [0.29, 0.717) is 79.8 Å². The van der Waals surface area contributed by atoms with Crippen molar-refractivity contribution in [3.63, 3.8) is 0 Å². The van der Waals surface area contributed by atoms with E-state index in [0.717, 1.165) is 24.6 Å². The van der Waals surface area contributed by atoms with E-state index in [1.165, 1.54) is 4.90 Å². The number of carbonyl (C=O) groups is 3. The van der Waals surface area contributed by atoms with Crippen molar-refractivity contribution < 1.29 is 74.2 Å². The Morgan fingerprint density at radius 3 is 1.35 bits per heavy atom. The van der Waals surface area contributed by atoms with Crippen LogP contribution >= 0.6 is 39.8 Å². The van der Waals surface area contributed by atoms with Crippen LogP contribution in [-0.2, 0) is 33.3 Å². The monoisotopic (exact) mass is 1350 g/mol. The van der Waals surface area contributed by atoms with Crippen molar-refractivity contribution in [1.29, 1.82) is 0 Å². The number of aliphatic hydroxyl groups excluding tert-OH is 8. The molecule has 24 nitrogen and oxygen atoms in total. The smallest absolute Gasteiger partial charge is 0.258 e. The fraction of sp³-hybridized carbons (Fsp3) is 0.633. The molecule has 17 atom stereocenters. The molecule has 0 spiro atoms. The highest BCUT2D eigenvalue weighted by atomic mass is 32.1. The van der Waals surface area contributed by atoms with Crippen molar-refractivity contribution >= 4 is 87.7 Å². The maximum atomic E-state index is 12.0. The largest absolute Gasteiger partial charge is 0.388 e. The van der Waals surface area contributed by atoms with E-state index in [-0.39, 0.29) is 35.6 Å². The van der Waals surface area contributed by atoms with Gasteiger partial charge in [-0.05, 0) is 110 Å². The second-order valence-electron chi connectivity index (χ2n) is 26.6. The SMILES string of the molecule is C=C1NC(=O)C(/C=C/CN)=CN1[C@@H]1O[C@H](CCP(=C)(C)C)[C@@H](O)[C@H]1O.C=C1NC(=O)C(C)CN1[C@@H]1O[C@H](CCP(=C)(C)C)[C@@H](O)[C@H]1O.C=C1NC(=O)CCN1[C@@H]1O[C@H](CCP(=C)(C)C)[C@@H](O)[C@H]1O.C=C1NC(=S)C=CN1[C@@H]1O[C@H](CCP(=C)(C)C)[C@@H](O)[C@H]1O. The molecule has 14 N–H and O–H groups in total. The third kappa shape index (κ3) is 21.7. The highest BCUT2D eigenvalue weighted by molar-refractivity contribution is 7.80. The van der Waals surface area contributed by atoms with Crippen molar-refractivity contribution in [2.24, 2.45) is 11.7 Å². The van der Waals surface area contributed by atoms with Gasteiger partial charge in [-0.3, -0.25) is 14.4 Å². The predicted molar refractivity (Wildman–Crippen MR) is 367 cm³/mol. The summed E-state index contributed by atoms with van der Waals surface area (Å²) in [5, 5.41) is 92.9. The number of nitrogens with zero attached hydrogens (tertiary/aromatic N) is 4. The molecule has 0 saturated carbocycles. The molecule has 0 aromatic carbocycles. The number of nitrogens with one attached hydrogen (secondary N) is 4. The first-order valence-corrected chi connectivity index (χ1v) is 42.3. The molecule has 504 valence electrons. The van der Waals surface area contributed by atoms with E-state index in [9.17, 15) is 55.2 Å². The van der Waals surface area contributed by atoms with Gasteiger partial charge in [0, 0.05) is 38.5 Å². The second-order valence-corrected chi connectivity index (χ2v) is 44.3. The molecule has 0 bridgehead atoms. The zero-order valence-electron chi connectivity index (χ0n) is 53.3. The quantitative estimate of drug-likeness (QED) is 0.0656. The lowest BCUT2D eigenvalue weighted by molar-refractivity contribution is -0.133. The zero-order valence-corrected chi connectivity index (χ0v) is 57.7. The van der Waals surface area contributed by atoms with Crippen LogP contribution < -0.4 is 27.0 Å². The van der Waals surface area contributed by atoms with Crippen LogP contribution in [0.3, 0.4) is 0 Å². The summed E-state index contributed by atoms with van der Waals surface area (Å²) >= 11 is 5.03.